The molecule has 0 spiro atoms. The molecule has 0 aliphatic heterocycles. The van der Waals surface area contributed by atoms with Crippen LogP contribution in [0.2, 0.25) is 0 Å². The predicted octanol–water partition coefficient (Wildman–Crippen LogP) is 4.12. The zero-order valence-electron chi connectivity index (χ0n) is 14.0. The fourth-order valence-electron chi connectivity index (χ4n) is 2.67. The molecule has 1 amide bonds. The Bertz CT molecular complexity index is 1100. The number of hydrogen-bond donors (Lipinski definition) is 1. The molecule has 0 bridgehead atoms. The molecule has 4 rings (SSSR count). The van der Waals surface area contributed by atoms with Crippen LogP contribution in [-0.2, 0) is 0 Å². The van der Waals surface area contributed by atoms with Crippen LogP contribution >= 0.6 is 0 Å². The SMILES string of the molecule is Cc1cccc(C(=O)Nc2ccc3nn(-c4ccc(F)cc4)nc3c2)c1. The summed E-state index contributed by atoms with van der Waals surface area (Å²) in [7, 11) is 0. The number of fused-ring (bicyclic) bond motifs is 1. The third-order valence-electron chi connectivity index (χ3n) is 3.98. The summed E-state index contributed by atoms with van der Waals surface area (Å²) in [6, 6.07) is 18.6. The molecule has 1 aromatic heterocycles. The van der Waals surface area contributed by atoms with Crippen molar-refractivity contribution in [2.45, 2.75) is 6.92 Å². The van der Waals surface area contributed by atoms with Crippen LogP contribution in [0.5, 0.6) is 0 Å². The molecular formula is C20H15FN4O. The molecule has 0 unspecified atom stereocenters. The molecule has 0 atom stereocenters. The van der Waals surface area contributed by atoms with E-state index in [0.717, 1.165) is 5.56 Å². The zero-order chi connectivity index (χ0) is 18.1. The standard InChI is InChI=1S/C20H15FN4O/c1-13-3-2-4-14(11-13)20(26)22-16-7-10-18-19(12-16)24-25(23-18)17-8-5-15(21)6-9-17/h2-12H,1H3,(H,22,26). The molecule has 1 heterocycles. The van der Waals surface area contributed by atoms with Gasteiger partial charge in [0.1, 0.15) is 16.9 Å². The van der Waals surface area contributed by atoms with Crippen molar-refractivity contribution in [1.82, 2.24) is 15.0 Å². The van der Waals surface area contributed by atoms with Gasteiger partial charge in [0.25, 0.3) is 5.91 Å². The molecule has 6 heteroatoms. The second kappa shape index (κ2) is 6.40. The third kappa shape index (κ3) is 3.17. The van der Waals surface area contributed by atoms with E-state index >= 15 is 0 Å². The summed E-state index contributed by atoms with van der Waals surface area (Å²) in [6.45, 7) is 1.94. The summed E-state index contributed by atoms with van der Waals surface area (Å²) in [5, 5.41) is 11.6. The van der Waals surface area contributed by atoms with Crippen molar-refractivity contribution >= 4 is 22.6 Å². The number of nitrogens with one attached hydrogen (secondary N) is 1. The van der Waals surface area contributed by atoms with Gasteiger partial charge in [-0.05, 0) is 61.5 Å². The average Bonchev–Trinajstić information content (AvgIpc) is 3.05. The van der Waals surface area contributed by atoms with Crippen molar-refractivity contribution in [3.05, 3.63) is 83.7 Å². The van der Waals surface area contributed by atoms with E-state index in [1.165, 1.54) is 16.9 Å². The van der Waals surface area contributed by atoms with Gasteiger partial charge in [-0.15, -0.1) is 10.2 Å². The summed E-state index contributed by atoms with van der Waals surface area (Å²) >= 11 is 0. The van der Waals surface area contributed by atoms with Crippen molar-refractivity contribution < 1.29 is 9.18 Å². The lowest BCUT2D eigenvalue weighted by Crippen LogP contribution is -2.11. The first-order chi connectivity index (χ1) is 12.6. The van der Waals surface area contributed by atoms with Gasteiger partial charge in [0.05, 0.1) is 5.69 Å². The largest absolute Gasteiger partial charge is 0.322 e. The van der Waals surface area contributed by atoms with E-state index in [0.29, 0.717) is 28.0 Å². The van der Waals surface area contributed by atoms with E-state index in [1.54, 1.807) is 36.4 Å². The van der Waals surface area contributed by atoms with Gasteiger partial charge in [0.2, 0.25) is 0 Å². The van der Waals surface area contributed by atoms with Gasteiger partial charge in [-0.2, -0.15) is 4.80 Å². The fourth-order valence-corrected chi connectivity index (χ4v) is 2.67. The molecule has 0 fully saturated rings. The number of benzene rings is 3. The number of carbonyl (C=O) groups is 1. The van der Waals surface area contributed by atoms with Gasteiger partial charge < -0.3 is 5.32 Å². The van der Waals surface area contributed by atoms with Crippen molar-refractivity contribution in [1.29, 1.82) is 0 Å². The molecule has 4 aromatic rings. The lowest BCUT2D eigenvalue weighted by Gasteiger charge is -2.05. The molecule has 5 nitrogen and oxygen atoms in total. The maximum Gasteiger partial charge on any atom is 0.255 e. The first kappa shape index (κ1) is 16.0. The Morgan fingerprint density at radius 2 is 1.73 bits per heavy atom. The minimum absolute atomic E-state index is 0.182. The van der Waals surface area contributed by atoms with E-state index in [4.69, 9.17) is 0 Å². The summed E-state index contributed by atoms with van der Waals surface area (Å²) < 4.78 is 13.1. The molecular weight excluding hydrogens is 331 g/mol. The third-order valence-corrected chi connectivity index (χ3v) is 3.98. The van der Waals surface area contributed by atoms with Crippen LogP contribution in [0.1, 0.15) is 15.9 Å². The molecule has 26 heavy (non-hydrogen) atoms. The van der Waals surface area contributed by atoms with Crippen molar-refractivity contribution in [3.63, 3.8) is 0 Å². The maximum absolute atomic E-state index is 13.1. The van der Waals surface area contributed by atoms with Crippen molar-refractivity contribution in [2.75, 3.05) is 5.32 Å². The number of anilines is 1. The van der Waals surface area contributed by atoms with E-state index in [1.807, 2.05) is 25.1 Å². The number of hydrogen-bond acceptors (Lipinski definition) is 3. The lowest BCUT2D eigenvalue weighted by molar-refractivity contribution is 0.102. The minimum atomic E-state index is -0.313. The Kier molecular flexibility index (Phi) is 3.93. The monoisotopic (exact) mass is 346 g/mol. The second-order valence-corrected chi connectivity index (χ2v) is 5.99. The number of aryl methyl sites for hydroxylation is 1. The lowest BCUT2D eigenvalue weighted by atomic mass is 10.1. The Hall–Kier alpha value is -3.54. The molecule has 1 N–H and O–H groups in total. The highest BCUT2D eigenvalue weighted by molar-refractivity contribution is 6.05. The number of aromatic nitrogens is 3. The fraction of sp³-hybridized carbons (Fsp3) is 0.0500. The number of nitrogens with zero attached hydrogens (tertiary/aromatic N) is 3. The van der Waals surface area contributed by atoms with E-state index in [9.17, 15) is 9.18 Å². The van der Waals surface area contributed by atoms with Crippen molar-refractivity contribution in [3.8, 4) is 5.69 Å². The quantitative estimate of drug-likeness (QED) is 0.607. The maximum atomic E-state index is 13.1. The highest BCUT2D eigenvalue weighted by atomic mass is 19.1. The van der Waals surface area contributed by atoms with Crippen LogP contribution < -0.4 is 5.32 Å². The second-order valence-electron chi connectivity index (χ2n) is 5.99. The molecule has 3 aromatic carbocycles. The summed E-state index contributed by atoms with van der Waals surface area (Å²) in [4.78, 5) is 13.8. The molecule has 0 saturated carbocycles. The molecule has 0 radical (unpaired) electrons. The summed E-state index contributed by atoms with van der Waals surface area (Å²) in [5.74, 6) is -0.495. The zero-order valence-corrected chi connectivity index (χ0v) is 14.0. The van der Waals surface area contributed by atoms with Gasteiger partial charge in [-0.3, -0.25) is 4.79 Å². The first-order valence-electron chi connectivity index (χ1n) is 8.09. The number of halogens is 1. The Morgan fingerprint density at radius 3 is 2.50 bits per heavy atom. The van der Waals surface area contributed by atoms with Crippen LogP contribution in [0.25, 0.3) is 16.7 Å². The highest BCUT2D eigenvalue weighted by Gasteiger charge is 2.09. The van der Waals surface area contributed by atoms with Gasteiger partial charge in [-0.1, -0.05) is 17.7 Å². The van der Waals surface area contributed by atoms with Gasteiger partial charge >= 0.3 is 0 Å². The number of carbonyl (C=O) groups excluding carboxylic acids is 1. The van der Waals surface area contributed by atoms with Gasteiger partial charge in [0, 0.05) is 11.3 Å². The summed E-state index contributed by atoms with van der Waals surface area (Å²) in [6.07, 6.45) is 0. The summed E-state index contributed by atoms with van der Waals surface area (Å²) in [5.41, 5.74) is 4.23. The molecule has 0 aliphatic carbocycles. The number of rotatable bonds is 3. The topological polar surface area (TPSA) is 59.8 Å². The highest BCUT2D eigenvalue weighted by Crippen LogP contribution is 2.18. The van der Waals surface area contributed by atoms with E-state index in [2.05, 4.69) is 15.5 Å². The smallest absolute Gasteiger partial charge is 0.255 e. The first-order valence-corrected chi connectivity index (χ1v) is 8.09. The van der Waals surface area contributed by atoms with Crippen molar-refractivity contribution in [2.24, 2.45) is 0 Å². The van der Waals surface area contributed by atoms with E-state index < -0.39 is 0 Å². The van der Waals surface area contributed by atoms with Crippen LogP contribution in [0.4, 0.5) is 10.1 Å². The van der Waals surface area contributed by atoms with Crippen LogP contribution in [-0.4, -0.2) is 20.9 Å². The number of amides is 1. The van der Waals surface area contributed by atoms with E-state index in [-0.39, 0.29) is 11.7 Å². The predicted molar refractivity (Wildman–Crippen MR) is 98.0 cm³/mol. The Morgan fingerprint density at radius 1 is 0.962 bits per heavy atom. The van der Waals surface area contributed by atoms with Gasteiger partial charge in [0.15, 0.2) is 0 Å². The average molecular weight is 346 g/mol. The molecule has 0 aliphatic rings. The Balaban J connectivity index is 1.61. The van der Waals surface area contributed by atoms with Gasteiger partial charge in [-0.25, -0.2) is 4.39 Å². The Labute approximate surface area is 149 Å². The van der Waals surface area contributed by atoms with Crippen LogP contribution in [0, 0.1) is 12.7 Å². The molecule has 128 valence electrons. The minimum Gasteiger partial charge on any atom is -0.322 e. The van der Waals surface area contributed by atoms with Crippen LogP contribution in [0.3, 0.4) is 0 Å². The normalized spacial score (nSPS) is 10.8. The van der Waals surface area contributed by atoms with Crippen LogP contribution in [0.15, 0.2) is 66.7 Å². The molecule has 0 saturated heterocycles.